The molecule has 0 atom stereocenters. The van der Waals surface area contributed by atoms with Gasteiger partial charge in [-0.1, -0.05) is 134 Å². The summed E-state index contributed by atoms with van der Waals surface area (Å²) in [5.74, 6) is 1.38. The normalized spacial score (nSPS) is 11.8. The molecule has 1 aromatic heterocycles. The van der Waals surface area contributed by atoms with Gasteiger partial charge < -0.3 is 24.1 Å². The standard InChI is InChI=1S/C58H40N2O3/c1-38(47-35-33-46(37-54(47)61)59(42-16-6-3-7-17-42)43-18-8-4-9-19-43)48-23-14-24-51-50-34-30-41(36-56(50)62-39(2)57(48)51)40-28-31-45(32-29-40)60(44-20-10-5-11-21-44)53-26-15-25-52-49-22-12-13-27-55(49)63-58(52)53/h3-37,61H,1-2H2. The van der Waals surface area contributed by atoms with Gasteiger partial charge in [-0.2, -0.15) is 0 Å². The number of furan rings is 1. The van der Waals surface area contributed by atoms with Crippen LogP contribution in [0.5, 0.6) is 11.5 Å². The second-order valence-corrected chi connectivity index (χ2v) is 15.6. The summed E-state index contributed by atoms with van der Waals surface area (Å²) in [5, 5.41) is 13.8. The quantitative estimate of drug-likeness (QED) is 0.157. The number of aromatic hydroxyl groups is 1. The predicted molar refractivity (Wildman–Crippen MR) is 260 cm³/mol. The molecule has 11 rings (SSSR count). The summed E-state index contributed by atoms with van der Waals surface area (Å²) in [5.41, 5.74) is 14.5. The van der Waals surface area contributed by atoms with E-state index in [1.807, 2.05) is 84.9 Å². The Kier molecular flexibility index (Phi) is 9.21. The summed E-state index contributed by atoms with van der Waals surface area (Å²) in [7, 11) is 0. The lowest BCUT2D eigenvalue weighted by atomic mass is 9.86. The van der Waals surface area contributed by atoms with Gasteiger partial charge in [0.05, 0.1) is 5.69 Å². The van der Waals surface area contributed by atoms with E-state index in [0.29, 0.717) is 16.9 Å². The molecule has 9 aromatic carbocycles. The molecule has 1 aliphatic rings. The third kappa shape index (κ3) is 6.60. The number of hydrogen-bond acceptors (Lipinski definition) is 5. The molecule has 0 amide bonds. The molecule has 0 bridgehead atoms. The molecule has 0 unspecified atom stereocenters. The van der Waals surface area contributed by atoms with E-state index in [2.05, 4.69) is 144 Å². The van der Waals surface area contributed by atoms with Gasteiger partial charge in [0, 0.05) is 62.0 Å². The fourth-order valence-electron chi connectivity index (χ4n) is 8.90. The monoisotopic (exact) mass is 812 g/mol. The largest absolute Gasteiger partial charge is 0.507 e. The van der Waals surface area contributed by atoms with E-state index in [1.165, 1.54) is 0 Å². The van der Waals surface area contributed by atoms with Gasteiger partial charge in [-0.3, -0.25) is 0 Å². The van der Waals surface area contributed by atoms with E-state index < -0.39 is 0 Å². The van der Waals surface area contributed by atoms with Crippen LogP contribution in [0.15, 0.2) is 230 Å². The maximum atomic E-state index is 11.6. The van der Waals surface area contributed by atoms with Crippen LogP contribution < -0.4 is 14.5 Å². The zero-order chi connectivity index (χ0) is 42.4. The van der Waals surface area contributed by atoms with Gasteiger partial charge in [-0.15, -0.1) is 0 Å². The van der Waals surface area contributed by atoms with Crippen molar-refractivity contribution in [3.63, 3.8) is 0 Å². The van der Waals surface area contributed by atoms with Crippen molar-refractivity contribution in [2.24, 2.45) is 0 Å². The molecule has 0 fully saturated rings. The molecule has 5 heteroatoms. The summed E-state index contributed by atoms with van der Waals surface area (Å²) in [6.07, 6.45) is 0. The van der Waals surface area contributed by atoms with Gasteiger partial charge in [-0.25, -0.2) is 0 Å². The number of hydrogen-bond donors (Lipinski definition) is 1. The predicted octanol–water partition coefficient (Wildman–Crippen LogP) is 16.0. The van der Waals surface area contributed by atoms with Gasteiger partial charge in [0.15, 0.2) is 5.58 Å². The highest BCUT2D eigenvalue weighted by Gasteiger charge is 2.26. The lowest BCUT2D eigenvalue weighted by Crippen LogP contribution is -2.10. The third-order valence-corrected chi connectivity index (χ3v) is 11.9. The Morgan fingerprint density at radius 1 is 0.460 bits per heavy atom. The first-order valence-electron chi connectivity index (χ1n) is 20.9. The average Bonchev–Trinajstić information content (AvgIpc) is 3.72. The minimum absolute atomic E-state index is 0.129. The topological polar surface area (TPSA) is 49.1 Å². The van der Waals surface area contributed by atoms with Crippen LogP contribution in [0.2, 0.25) is 0 Å². The minimum Gasteiger partial charge on any atom is -0.507 e. The number of rotatable bonds is 9. The van der Waals surface area contributed by atoms with E-state index >= 15 is 0 Å². The van der Waals surface area contributed by atoms with Gasteiger partial charge in [0.25, 0.3) is 0 Å². The van der Waals surface area contributed by atoms with Crippen molar-refractivity contribution in [3.05, 3.63) is 242 Å². The fraction of sp³-hybridized carbons (Fsp3) is 0. The van der Waals surface area contributed by atoms with Crippen molar-refractivity contribution < 1.29 is 14.3 Å². The molecule has 5 nitrogen and oxygen atoms in total. The SMILES string of the molecule is C=C(c1ccc(N(c2ccccc2)c2ccccc2)cc1O)c1cccc2c1C(=C)Oc1cc(-c3ccc(N(c4ccccc4)c4cccc5c4oc4ccccc45)cc3)ccc1-2. The van der Waals surface area contributed by atoms with Crippen LogP contribution in [0.25, 0.3) is 55.5 Å². The van der Waals surface area contributed by atoms with Crippen molar-refractivity contribution >= 4 is 67.4 Å². The van der Waals surface area contributed by atoms with Crippen molar-refractivity contribution in [3.8, 4) is 33.8 Å². The van der Waals surface area contributed by atoms with Gasteiger partial charge in [0.2, 0.25) is 0 Å². The van der Waals surface area contributed by atoms with E-state index in [4.69, 9.17) is 9.15 Å². The highest BCUT2D eigenvalue weighted by molar-refractivity contribution is 6.10. The van der Waals surface area contributed by atoms with Crippen LogP contribution in [0.4, 0.5) is 34.1 Å². The smallest absolute Gasteiger partial charge is 0.159 e. The molecule has 0 saturated carbocycles. The van der Waals surface area contributed by atoms with Crippen LogP contribution in [-0.4, -0.2) is 5.11 Å². The Morgan fingerprint density at radius 3 is 1.75 bits per heavy atom. The molecule has 1 N–H and O–H groups in total. The van der Waals surface area contributed by atoms with Crippen molar-refractivity contribution in [2.45, 2.75) is 0 Å². The summed E-state index contributed by atoms with van der Waals surface area (Å²) in [6.45, 7) is 8.90. The average molecular weight is 813 g/mol. The first kappa shape index (κ1) is 37.5. The molecule has 2 heterocycles. The number of anilines is 6. The summed E-state index contributed by atoms with van der Waals surface area (Å²) in [4.78, 5) is 4.37. The number of benzene rings is 9. The van der Waals surface area contributed by atoms with E-state index in [9.17, 15) is 5.11 Å². The van der Waals surface area contributed by atoms with E-state index in [-0.39, 0.29) is 5.75 Å². The Labute approximate surface area is 365 Å². The number of para-hydroxylation sites is 5. The van der Waals surface area contributed by atoms with Gasteiger partial charge in [0.1, 0.15) is 22.8 Å². The highest BCUT2D eigenvalue weighted by atomic mass is 16.5. The highest BCUT2D eigenvalue weighted by Crippen LogP contribution is 2.48. The molecule has 0 spiro atoms. The second kappa shape index (κ2) is 15.5. The lowest BCUT2D eigenvalue weighted by Gasteiger charge is -2.27. The van der Waals surface area contributed by atoms with Crippen LogP contribution in [0.1, 0.15) is 16.7 Å². The molecule has 0 saturated heterocycles. The number of phenolic OH excluding ortho intramolecular Hbond substituents is 1. The second-order valence-electron chi connectivity index (χ2n) is 15.6. The Bertz CT molecular complexity index is 3320. The van der Waals surface area contributed by atoms with Gasteiger partial charge >= 0.3 is 0 Å². The Hall–Kier alpha value is -8.54. The van der Waals surface area contributed by atoms with Gasteiger partial charge in [-0.05, 0) is 113 Å². The Balaban J connectivity index is 0.905. The van der Waals surface area contributed by atoms with Crippen molar-refractivity contribution in [1.82, 2.24) is 0 Å². The molecule has 0 radical (unpaired) electrons. The van der Waals surface area contributed by atoms with Crippen LogP contribution in [-0.2, 0) is 0 Å². The number of nitrogens with zero attached hydrogens (tertiary/aromatic N) is 2. The van der Waals surface area contributed by atoms with Crippen molar-refractivity contribution in [1.29, 1.82) is 0 Å². The van der Waals surface area contributed by atoms with Crippen LogP contribution >= 0.6 is 0 Å². The molecule has 10 aromatic rings. The first-order valence-corrected chi connectivity index (χ1v) is 20.9. The van der Waals surface area contributed by atoms with E-state index in [0.717, 1.165) is 95.2 Å². The maximum absolute atomic E-state index is 11.6. The molecular formula is C58H40N2O3. The lowest BCUT2D eigenvalue weighted by molar-refractivity contribution is 0.474. The number of phenols is 1. The number of fused-ring (bicyclic) bond motifs is 6. The first-order chi connectivity index (χ1) is 31.0. The third-order valence-electron chi connectivity index (χ3n) is 11.9. The number of ether oxygens (including phenoxy) is 1. The zero-order valence-corrected chi connectivity index (χ0v) is 34.3. The fourth-order valence-corrected chi connectivity index (χ4v) is 8.90. The summed E-state index contributed by atoms with van der Waals surface area (Å²) in [6, 6.07) is 72.0. The molecule has 0 aliphatic carbocycles. The molecule has 63 heavy (non-hydrogen) atoms. The molecular weight excluding hydrogens is 773 g/mol. The van der Waals surface area contributed by atoms with Crippen LogP contribution in [0.3, 0.4) is 0 Å². The van der Waals surface area contributed by atoms with Crippen LogP contribution in [0, 0.1) is 0 Å². The van der Waals surface area contributed by atoms with E-state index in [1.54, 1.807) is 6.07 Å². The molecule has 1 aliphatic heterocycles. The maximum Gasteiger partial charge on any atom is 0.159 e. The Morgan fingerprint density at radius 2 is 1.05 bits per heavy atom. The molecule has 300 valence electrons. The summed E-state index contributed by atoms with van der Waals surface area (Å²) < 4.78 is 13.0. The minimum atomic E-state index is 0.129. The summed E-state index contributed by atoms with van der Waals surface area (Å²) >= 11 is 0. The van der Waals surface area contributed by atoms with Crippen molar-refractivity contribution in [2.75, 3.05) is 9.80 Å². The zero-order valence-electron chi connectivity index (χ0n) is 34.3.